The molecule has 7 nitrogen and oxygen atoms in total. The zero-order chi connectivity index (χ0) is 14.2. The lowest BCUT2D eigenvalue weighted by molar-refractivity contribution is 0.590. The number of hydrogen-bond acceptors (Lipinski definition) is 6. The molecule has 0 saturated heterocycles. The van der Waals surface area contributed by atoms with Gasteiger partial charge < -0.3 is 10.6 Å². The number of aromatic nitrogens is 5. The molecular weight excluding hydrogens is 266 g/mol. The molecule has 106 valence electrons. The summed E-state index contributed by atoms with van der Waals surface area (Å²) in [5.74, 6) is 3.09. The summed E-state index contributed by atoms with van der Waals surface area (Å²) >= 11 is 0. The van der Waals surface area contributed by atoms with Gasteiger partial charge in [0, 0.05) is 18.3 Å². The topological polar surface area (TPSA) is 91.4 Å². The van der Waals surface area contributed by atoms with Crippen LogP contribution < -0.4 is 10.6 Å². The highest BCUT2D eigenvalue weighted by atomic mass is 15.2. The highest BCUT2D eigenvalue weighted by Gasteiger charge is 2.20. The lowest BCUT2D eigenvalue weighted by Crippen LogP contribution is -2.23. The molecule has 0 radical (unpaired) electrons. The lowest BCUT2D eigenvalue weighted by Gasteiger charge is -2.23. The van der Waals surface area contributed by atoms with Crippen LogP contribution in [-0.4, -0.2) is 31.7 Å². The molecule has 1 aliphatic rings. The molecule has 4 rings (SSSR count). The molecular formula is C14H15N7. The van der Waals surface area contributed by atoms with E-state index in [-0.39, 0.29) is 0 Å². The molecule has 3 N–H and O–H groups in total. The Hall–Kier alpha value is -2.70. The first-order valence-corrected chi connectivity index (χ1v) is 6.95. The Labute approximate surface area is 121 Å². The molecule has 0 aliphatic carbocycles. The van der Waals surface area contributed by atoms with Crippen LogP contribution in [-0.2, 0) is 6.42 Å². The number of nitrogens with zero attached hydrogens (tertiary/aromatic N) is 4. The van der Waals surface area contributed by atoms with Crippen molar-refractivity contribution in [2.45, 2.75) is 13.3 Å². The van der Waals surface area contributed by atoms with E-state index in [1.54, 1.807) is 12.5 Å². The van der Waals surface area contributed by atoms with Gasteiger partial charge in [-0.15, -0.1) is 0 Å². The number of hydrogen-bond donors (Lipinski definition) is 3. The van der Waals surface area contributed by atoms with Crippen LogP contribution in [0.1, 0.15) is 12.5 Å². The molecule has 0 bridgehead atoms. The second-order valence-electron chi connectivity index (χ2n) is 5.34. The van der Waals surface area contributed by atoms with Gasteiger partial charge in [0.15, 0.2) is 5.65 Å². The van der Waals surface area contributed by atoms with E-state index >= 15 is 0 Å². The first-order valence-electron chi connectivity index (χ1n) is 6.95. The minimum Gasteiger partial charge on any atom is -0.369 e. The summed E-state index contributed by atoms with van der Waals surface area (Å²) in [6, 6.07) is 3.87. The molecule has 1 aliphatic heterocycles. The third kappa shape index (κ3) is 2.06. The Morgan fingerprint density at radius 2 is 2.24 bits per heavy atom. The molecule has 1 atom stereocenters. The minimum atomic E-state index is 0.559. The summed E-state index contributed by atoms with van der Waals surface area (Å²) in [4.78, 5) is 12.9. The van der Waals surface area contributed by atoms with E-state index in [0.717, 1.165) is 41.4 Å². The normalized spacial score (nSPS) is 17.3. The number of aromatic amines is 1. The third-order valence-electron chi connectivity index (χ3n) is 3.69. The van der Waals surface area contributed by atoms with Crippen molar-refractivity contribution in [1.29, 1.82) is 0 Å². The maximum Gasteiger partial charge on any atom is 0.183 e. The van der Waals surface area contributed by atoms with Crippen LogP contribution in [0.25, 0.3) is 11.0 Å². The number of fused-ring (bicyclic) bond motifs is 2. The first-order chi connectivity index (χ1) is 10.3. The van der Waals surface area contributed by atoms with Gasteiger partial charge in [-0.3, -0.25) is 5.10 Å². The van der Waals surface area contributed by atoms with Crippen molar-refractivity contribution in [3.05, 3.63) is 30.2 Å². The van der Waals surface area contributed by atoms with Gasteiger partial charge in [0.2, 0.25) is 0 Å². The predicted molar refractivity (Wildman–Crippen MR) is 80.6 cm³/mol. The van der Waals surface area contributed by atoms with Gasteiger partial charge in [-0.1, -0.05) is 6.92 Å². The summed E-state index contributed by atoms with van der Waals surface area (Å²) in [6.45, 7) is 3.16. The average Bonchev–Trinajstić information content (AvgIpc) is 2.91. The van der Waals surface area contributed by atoms with Crippen LogP contribution in [0.3, 0.4) is 0 Å². The minimum absolute atomic E-state index is 0.559. The smallest absolute Gasteiger partial charge is 0.183 e. The van der Waals surface area contributed by atoms with E-state index in [1.807, 2.05) is 12.1 Å². The van der Waals surface area contributed by atoms with Crippen LogP contribution in [0.4, 0.5) is 17.5 Å². The second kappa shape index (κ2) is 4.69. The molecule has 3 aromatic rings. The lowest BCUT2D eigenvalue weighted by atomic mass is 9.98. The zero-order valence-corrected chi connectivity index (χ0v) is 11.6. The van der Waals surface area contributed by atoms with E-state index in [4.69, 9.17) is 0 Å². The molecule has 0 fully saturated rings. The van der Waals surface area contributed by atoms with Crippen LogP contribution in [0.15, 0.2) is 24.7 Å². The number of nitrogens with one attached hydrogen (secondary N) is 3. The molecule has 7 heteroatoms. The fourth-order valence-electron chi connectivity index (χ4n) is 2.62. The maximum atomic E-state index is 4.38. The molecule has 21 heavy (non-hydrogen) atoms. The van der Waals surface area contributed by atoms with Gasteiger partial charge in [0.05, 0.1) is 5.39 Å². The Bertz CT molecular complexity index is 795. The SMILES string of the molecule is C[C@H]1CNc2ncnc(Nc3[nH]nc4ncccc34)c2C1. The van der Waals surface area contributed by atoms with Gasteiger partial charge >= 0.3 is 0 Å². The first kappa shape index (κ1) is 12.1. The second-order valence-corrected chi connectivity index (χ2v) is 5.34. The van der Waals surface area contributed by atoms with Gasteiger partial charge in [-0.25, -0.2) is 15.0 Å². The molecule has 3 aromatic heterocycles. The van der Waals surface area contributed by atoms with Crippen LogP contribution in [0.5, 0.6) is 0 Å². The number of rotatable bonds is 2. The molecule has 0 saturated carbocycles. The van der Waals surface area contributed by atoms with Gasteiger partial charge in [-0.2, -0.15) is 5.10 Å². The third-order valence-corrected chi connectivity index (χ3v) is 3.69. The van der Waals surface area contributed by atoms with Gasteiger partial charge in [0.1, 0.15) is 23.8 Å². The predicted octanol–water partition coefficient (Wildman–Crippen LogP) is 2.10. The van der Waals surface area contributed by atoms with Crippen molar-refractivity contribution >= 4 is 28.5 Å². The summed E-state index contributed by atoms with van der Waals surface area (Å²) in [6.07, 6.45) is 4.25. The van der Waals surface area contributed by atoms with E-state index in [9.17, 15) is 0 Å². The van der Waals surface area contributed by atoms with Crippen molar-refractivity contribution in [3.8, 4) is 0 Å². The molecule has 0 amide bonds. The van der Waals surface area contributed by atoms with Crippen LogP contribution in [0, 0.1) is 5.92 Å². The molecule has 4 heterocycles. The summed E-state index contributed by atoms with van der Waals surface area (Å²) < 4.78 is 0. The molecule has 0 spiro atoms. The quantitative estimate of drug-likeness (QED) is 0.666. The van der Waals surface area contributed by atoms with Crippen molar-refractivity contribution in [2.24, 2.45) is 5.92 Å². The highest BCUT2D eigenvalue weighted by Crippen LogP contribution is 2.30. The number of anilines is 3. The van der Waals surface area contributed by atoms with Crippen molar-refractivity contribution in [1.82, 2.24) is 25.1 Å². The van der Waals surface area contributed by atoms with E-state index in [2.05, 4.69) is 42.7 Å². The fraction of sp³-hybridized carbons (Fsp3) is 0.286. The van der Waals surface area contributed by atoms with E-state index in [0.29, 0.717) is 11.6 Å². The van der Waals surface area contributed by atoms with Gasteiger partial charge in [0.25, 0.3) is 0 Å². The van der Waals surface area contributed by atoms with Crippen molar-refractivity contribution in [3.63, 3.8) is 0 Å². The van der Waals surface area contributed by atoms with E-state index in [1.165, 1.54) is 0 Å². The van der Waals surface area contributed by atoms with Crippen molar-refractivity contribution in [2.75, 3.05) is 17.2 Å². The average molecular weight is 281 g/mol. The monoisotopic (exact) mass is 281 g/mol. The zero-order valence-electron chi connectivity index (χ0n) is 11.6. The maximum absolute atomic E-state index is 4.38. The molecule has 0 aromatic carbocycles. The Balaban J connectivity index is 1.75. The standard InChI is InChI=1S/C14H15N7/c1-8-5-10-11(16-6-8)17-7-18-12(10)19-14-9-3-2-4-15-13(9)20-21-14/h2-4,7-8H,5-6H2,1H3,(H3,15,16,17,18,19,20,21)/t8-/m1/s1. The fourth-order valence-corrected chi connectivity index (χ4v) is 2.62. The summed E-state index contributed by atoms with van der Waals surface area (Å²) in [7, 11) is 0. The Morgan fingerprint density at radius 3 is 3.19 bits per heavy atom. The number of pyridine rings is 1. The molecule has 0 unspecified atom stereocenters. The Kier molecular flexibility index (Phi) is 2.70. The summed E-state index contributed by atoms with van der Waals surface area (Å²) in [5, 5.41) is 14.8. The highest BCUT2D eigenvalue weighted by molar-refractivity contribution is 5.89. The van der Waals surface area contributed by atoms with Crippen LogP contribution >= 0.6 is 0 Å². The van der Waals surface area contributed by atoms with Gasteiger partial charge in [-0.05, 0) is 24.5 Å². The van der Waals surface area contributed by atoms with E-state index < -0.39 is 0 Å². The Morgan fingerprint density at radius 1 is 1.29 bits per heavy atom. The number of H-pyrrole nitrogens is 1. The van der Waals surface area contributed by atoms with Crippen molar-refractivity contribution < 1.29 is 0 Å². The van der Waals surface area contributed by atoms with Crippen LogP contribution in [0.2, 0.25) is 0 Å². The largest absolute Gasteiger partial charge is 0.369 e. The summed E-state index contributed by atoms with van der Waals surface area (Å²) in [5.41, 5.74) is 1.80.